The van der Waals surface area contributed by atoms with Crippen molar-refractivity contribution in [2.45, 2.75) is 65.2 Å². The zero-order chi connectivity index (χ0) is 42.8. The molecule has 6 rings (SSSR count). The van der Waals surface area contributed by atoms with Gasteiger partial charge in [-0.05, 0) is 0 Å². The molecule has 0 atom stereocenters. The molecule has 0 aliphatic rings. The molecule has 0 amide bonds. The van der Waals surface area contributed by atoms with Crippen molar-refractivity contribution in [1.29, 1.82) is 0 Å². The summed E-state index contributed by atoms with van der Waals surface area (Å²) >= 11 is 0. The van der Waals surface area contributed by atoms with Gasteiger partial charge in [0.05, 0.1) is 0 Å². The van der Waals surface area contributed by atoms with E-state index in [9.17, 15) is 14.4 Å². The van der Waals surface area contributed by atoms with Gasteiger partial charge in [-0.15, -0.1) is 0 Å². The minimum atomic E-state index is -2.33. The number of esters is 2. The minimum absolute atomic E-state index is 0.119. The SMILES string of the molecule is CC(=O)C(C)(COC(=O)CCCCC[PH](c1ccccc1)(c1ccccc1)c1ccccc1)COC(=O)CCCCC[PH](c1ccccc1)(c1ccccc1)c1ccccc1. The van der Waals surface area contributed by atoms with Gasteiger partial charge in [0.1, 0.15) is 0 Å². The molecule has 318 valence electrons. The fourth-order valence-electron chi connectivity index (χ4n) is 8.74. The maximum absolute atomic E-state index is 13.0. The number of unbranched alkanes of at least 4 members (excludes halogenated alkanes) is 4. The number of ketones is 1. The topological polar surface area (TPSA) is 69.7 Å². The molecule has 6 aromatic carbocycles. The maximum atomic E-state index is 13.0. The Bertz CT molecular complexity index is 1890. The van der Waals surface area contributed by atoms with Crippen LogP contribution in [0.3, 0.4) is 0 Å². The second-order valence-electron chi connectivity index (χ2n) is 16.6. The summed E-state index contributed by atoms with van der Waals surface area (Å²) < 4.78 is 11.3. The van der Waals surface area contributed by atoms with Crippen LogP contribution in [-0.2, 0) is 23.9 Å². The molecule has 0 aliphatic carbocycles. The van der Waals surface area contributed by atoms with E-state index < -0.39 is 19.9 Å². The van der Waals surface area contributed by atoms with Gasteiger partial charge in [-0.2, -0.15) is 0 Å². The van der Waals surface area contributed by atoms with Crippen molar-refractivity contribution >= 4 is 64.1 Å². The summed E-state index contributed by atoms with van der Waals surface area (Å²) in [5, 5.41) is 8.28. The Kier molecular flexibility index (Phi) is 16.8. The Morgan fingerprint density at radius 1 is 0.393 bits per heavy atom. The number of rotatable bonds is 23. The average molecular weight is 853 g/mol. The summed E-state index contributed by atoms with van der Waals surface area (Å²) in [5.74, 6) is -0.851. The van der Waals surface area contributed by atoms with Crippen molar-refractivity contribution in [2.75, 3.05) is 25.5 Å². The van der Waals surface area contributed by atoms with Gasteiger partial charge in [0.2, 0.25) is 0 Å². The van der Waals surface area contributed by atoms with E-state index in [4.69, 9.17) is 9.47 Å². The first-order valence-corrected chi connectivity index (χ1v) is 26.3. The summed E-state index contributed by atoms with van der Waals surface area (Å²) in [4.78, 5) is 38.8. The van der Waals surface area contributed by atoms with Crippen LogP contribution >= 0.6 is 14.5 Å². The number of benzene rings is 6. The molecular formula is C54H62O5P2. The standard InChI is InChI=1S/C54H62O5P2/c1-45(55)54(2,43-58-52(56)39-23-9-25-41-60(46-27-11-3-12-28-46,47-29-13-4-14-30-47)48-31-15-5-16-32-48)44-59-53(57)40-24-10-26-42-61(49-33-17-6-18-34-49,50-35-19-7-20-36-50)51-37-21-8-22-38-51/h3-8,11-22,27-38,60-61H,9-10,23-26,39-44H2,1-2H3. The van der Waals surface area contributed by atoms with E-state index in [-0.39, 0.29) is 43.8 Å². The number of carbonyl (C=O) groups is 3. The van der Waals surface area contributed by atoms with Crippen LogP contribution in [0.4, 0.5) is 0 Å². The van der Waals surface area contributed by atoms with E-state index in [2.05, 4.69) is 182 Å². The first-order chi connectivity index (χ1) is 29.8. The number of hydrogen-bond acceptors (Lipinski definition) is 5. The van der Waals surface area contributed by atoms with Crippen LogP contribution in [0.1, 0.15) is 65.2 Å². The van der Waals surface area contributed by atoms with Gasteiger partial charge in [0, 0.05) is 0 Å². The molecule has 0 radical (unpaired) electrons. The van der Waals surface area contributed by atoms with E-state index in [1.165, 1.54) is 38.8 Å². The molecule has 5 nitrogen and oxygen atoms in total. The molecule has 61 heavy (non-hydrogen) atoms. The van der Waals surface area contributed by atoms with Crippen LogP contribution in [0.5, 0.6) is 0 Å². The van der Waals surface area contributed by atoms with Crippen molar-refractivity contribution in [3.8, 4) is 0 Å². The summed E-state index contributed by atoms with van der Waals surface area (Å²) in [6.07, 6.45) is 7.66. The molecule has 0 spiro atoms. The van der Waals surface area contributed by atoms with Crippen molar-refractivity contribution in [2.24, 2.45) is 5.41 Å². The fourth-order valence-corrected chi connectivity index (χ4v) is 18.6. The van der Waals surface area contributed by atoms with E-state index in [1.807, 2.05) is 0 Å². The molecule has 7 heteroatoms. The molecule has 0 unspecified atom stereocenters. The quantitative estimate of drug-likeness (QED) is 0.0366. The van der Waals surface area contributed by atoms with Gasteiger partial charge >= 0.3 is 366 Å². The molecule has 0 heterocycles. The zero-order valence-corrected chi connectivity index (χ0v) is 37.8. The number of carbonyl (C=O) groups excluding carboxylic acids is 3. The van der Waals surface area contributed by atoms with Crippen LogP contribution in [0.25, 0.3) is 0 Å². The van der Waals surface area contributed by atoms with Crippen LogP contribution < -0.4 is 31.8 Å². The van der Waals surface area contributed by atoms with Gasteiger partial charge in [-0.25, -0.2) is 0 Å². The Morgan fingerprint density at radius 2 is 0.639 bits per heavy atom. The van der Waals surface area contributed by atoms with E-state index in [0.29, 0.717) is 12.8 Å². The summed E-state index contributed by atoms with van der Waals surface area (Å²) in [6, 6.07) is 65.2. The van der Waals surface area contributed by atoms with Gasteiger partial charge in [-0.1, -0.05) is 0 Å². The predicted molar refractivity (Wildman–Crippen MR) is 260 cm³/mol. The average Bonchev–Trinajstić information content (AvgIpc) is 3.32. The third-order valence-electron chi connectivity index (χ3n) is 12.4. The molecule has 0 N–H and O–H groups in total. The Hall–Kier alpha value is -5.21. The van der Waals surface area contributed by atoms with E-state index in [0.717, 1.165) is 38.0 Å². The van der Waals surface area contributed by atoms with Crippen molar-refractivity contribution in [1.82, 2.24) is 0 Å². The number of ether oxygens (including phenoxy) is 2. The van der Waals surface area contributed by atoms with Crippen molar-refractivity contribution < 1.29 is 23.9 Å². The Morgan fingerprint density at radius 3 is 0.869 bits per heavy atom. The van der Waals surface area contributed by atoms with E-state index in [1.54, 1.807) is 6.92 Å². The number of hydrogen-bond donors (Lipinski definition) is 0. The van der Waals surface area contributed by atoms with Gasteiger partial charge in [0.25, 0.3) is 0 Å². The molecule has 0 fully saturated rings. The van der Waals surface area contributed by atoms with Crippen molar-refractivity contribution in [3.05, 3.63) is 182 Å². The first-order valence-electron chi connectivity index (χ1n) is 21.9. The molecule has 0 saturated heterocycles. The molecule has 0 bridgehead atoms. The number of Topliss-reactive ketones (excluding diaryl/α,β-unsaturated/α-hetero) is 1. The molecule has 6 aromatic rings. The Labute approximate surface area is 364 Å². The van der Waals surface area contributed by atoms with Crippen LogP contribution in [0, 0.1) is 5.41 Å². The molecule has 0 saturated carbocycles. The molecule has 0 aromatic heterocycles. The van der Waals surface area contributed by atoms with Crippen LogP contribution in [0.2, 0.25) is 0 Å². The van der Waals surface area contributed by atoms with Crippen molar-refractivity contribution in [3.63, 3.8) is 0 Å². The first kappa shape index (κ1) is 45.3. The molecule has 0 aliphatic heterocycles. The summed E-state index contributed by atoms with van der Waals surface area (Å²) in [6.45, 7) is 2.93. The third-order valence-corrected chi connectivity index (χ3v) is 22.5. The third kappa shape index (κ3) is 11.6. The fraction of sp³-hybridized carbons (Fsp3) is 0.278. The van der Waals surface area contributed by atoms with Gasteiger partial charge < -0.3 is 0 Å². The molecular weight excluding hydrogens is 791 g/mol. The zero-order valence-electron chi connectivity index (χ0n) is 35.8. The monoisotopic (exact) mass is 852 g/mol. The van der Waals surface area contributed by atoms with Gasteiger partial charge in [0.15, 0.2) is 0 Å². The normalized spacial score (nSPS) is 13.1. The van der Waals surface area contributed by atoms with Crippen LogP contribution in [0.15, 0.2) is 182 Å². The van der Waals surface area contributed by atoms with Crippen LogP contribution in [-0.4, -0.2) is 43.3 Å². The second-order valence-corrected chi connectivity index (χ2v) is 24.7. The second kappa shape index (κ2) is 22.6. The predicted octanol–water partition coefficient (Wildman–Crippen LogP) is 9.24. The summed E-state index contributed by atoms with van der Waals surface area (Å²) in [5.41, 5.74) is -1.11. The summed E-state index contributed by atoms with van der Waals surface area (Å²) in [7, 11) is -4.65. The van der Waals surface area contributed by atoms with E-state index >= 15 is 0 Å². The Balaban J connectivity index is 0.967. The van der Waals surface area contributed by atoms with Gasteiger partial charge in [-0.3, -0.25) is 0 Å².